The number of anilines is 1. The highest BCUT2D eigenvalue weighted by molar-refractivity contribution is 5.89. The van der Waals surface area contributed by atoms with E-state index in [1.54, 1.807) is 6.20 Å². The Labute approximate surface area is 100 Å². The Morgan fingerprint density at radius 3 is 3.12 bits per heavy atom. The fourth-order valence-electron chi connectivity index (χ4n) is 2.96. The fourth-order valence-corrected chi connectivity index (χ4v) is 2.96. The van der Waals surface area contributed by atoms with Crippen molar-refractivity contribution in [2.45, 2.75) is 44.8 Å². The predicted molar refractivity (Wildman–Crippen MR) is 62.6 cm³/mol. The third-order valence-electron chi connectivity index (χ3n) is 3.66. The van der Waals surface area contributed by atoms with Gasteiger partial charge in [-0.1, -0.05) is 0 Å². The zero-order valence-electron chi connectivity index (χ0n) is 10.0. The van der Waals surface area contributed by atoms with Crippen LogP contribution in [-0.4, -0.2) is 22.3 Å². The normalized spacial score (nSPS) is 27.1. The summed E-state index contributed by atoms with van der Waals surface area (Å²) >= 11 is 0. The van der Waals surface area contributed by atoms with Crippen molar-refractivity contribution in [3.63, 3.8) is 0 Å². The average Bonchev–Trinajstić information content (AvgIpc) is 2.84. The summed E-state index contributed by atoms with van der Waals surface area (Å²) in [6, 6.07) is 0. The molecule has 1 unspecified atom stereocenters. The highest BCUT2D eigenvalue weighted by atomic mass is 16.5. The van der Waals surface area contributed by atoms with Crippen molar-refractivity contribution in [1.82, 2.24) is 9.78 Å². The summed E-state index contributed by atoms with van der Waals surface area (Å²) < 4.78 is 7.99. The standard InChI is InChI=1S/C12H17N3O2/c1-9(16)14-10-8-13-15-6-5-12(11(10)15)4-2-3-7-17-12/h8H,2-7H2,1H3,(H,14,16). The maximum Gasteiger partial charge on any atom is 0.221 e. The van der Waals surface area contributed by atoms with Gasteiger partial charge < -0.3 is 10.1 Å². The van der Waals surface area contributed by atoms with E-state index in [1.165, 1.54) is 13.3 Å². The van der Waals surface area contributed by atoms with Gasteiger partial charge in [-0.05, 0) is 19.3 Å². The maximum absolute atomic E-state index is 11.2. The van der Waals surface area contributed by atoms with Crippen LogP contribution in [0.1, 0.15) is 38.3 Å². The summed E-state index contributed by atoms with van der Waals surface area (Å²) in [7, 11) is 0. The highest BCUT2D eigenvalue weighted by Gasteiger charge is 2.44. The molecule has 1 N–H and O–H groups in total. The first kappa shape index (κ1) is 10.8. The van der Waals surface area contributed by atoms with Crippen LogP contribution in [0.5, 0.6) is 0 Å². The molecule has 1 aromatic rings. The van der Waals surface area contributed by atoms with Crippen LogP contribution in [0.2, 0.25) is 0 Å². The number of amides is 1. The van der Waals surface area contributed by atoms with Crippen molar-refractivity contribution in [1.29, 1.82) is 0 Å². The highest BCUT2D eigenvalue weighted by Crippen LogP contribution is 2.45. The Bertz CT molecular complexity index is 447. The number of carbonyl (C=O) groups is 1. The van der Waals surface area contributed by atoms with E-state index in [9.17, 15) is 4.79 Å². The number of rotatable bonds is 1. The molecule has 3 rings (SSSR count). The largest absolute Gasteiger partial charge is 0.369 e. The van der Waals surface area contributed by atoms with Gasteiger partial charge in [0.15, 0.2) is 0 Å². The SMILES string of the molecule is CC(=O)Nc1cnn2c1C1(CCCCO1)CC2. The molecular weight excluding hydrogens is 218 g/mol. The molecule has 5 nitrogen and oxygen atoms in total. The Morgan fingerprint density at radius 2 is 2.41 bits per heavy atom. The van der Waals surface area contributed by atoms with Crippen molar-refractivity contribution in [3.8, 4) is 0 Å². The quantitative estimate of drug-likeness (QED) is 0.805. The zero-order chi connectivity index (χ0) is 11.9. The summed E-state index contributed by atoms with van der Waals surface area (Å²) in [5.41, 5.74) is 1.68. The van der Waals surface area contributed by atoms with Gasteiger partial charge in [0.05, 0.1) is 17.6 Å². The Kier molecular flexibility index (Phi) is 2.43. The minimum atomic E-state index is -0.202. The summed E-state index contributed by atoms with van der Waals surface area (Å²) in [6.07, 6.45) is 6.06. The number of ether oxygens (including phenoxy) is 1. The van der Waals surface area contributed by atoms with Crippen LogP contribution in [-0.2, 0) is 21.7 Å². The molecule has 5 heteroatoms. The van der Waals surface area contributed by atoms with E-state index in [2.05, 4.69) is 10.4 Å². The zero-order valence-corrected chi connectivity index (χ0v) is 10.0. The number of carbonyl (C=O) groups excluding carboxylic acids is 1. The molecule has 2 aliphatic heterocycles. The van der Waals surface area contributed by atoms with Crippen molar-refractivity contribution >= 4 is 11.6 Å². The van der Waals surface area contributed by atoms with Crippen molar-refractivity contribution in [2.75, 3.05) is 11.9 Å². The predicted octanol–water partition coefficient (Wildman–Crippen LogP) is 1.64. The molecule has 1 amide bonds. The van der Waals surface area contributed by atoms with Gasteiger partial charge in [0.1, 0.15) is 5.60 Å². The Hall–Kier alpha value is -1.36. The van der Waals surface area contributed by atoms with E-state index in [4.69, 9.17) is 4.74 Å². The van der Waals surface area contributed by atoms with Crippen molar-refractivity contribution in [2.24, 2.45) is 0 Å². The monoisotopic (exact) mass is 235 g/mol. The number of aromatic nitrogens is 2. The number of nitrogens with zero attached hydrogens (tertiary/aromatic N) is 2. The summed E-state index contributed by atoms with van der Waals surface area (Å²) in [4.78, 5) is 11.2. The minimum absolute atomic E-state index is 0.0568. The van der Waals surface area contributed by atoms with Gasteiger partial charge in [0.2, 0.25) is 5.91 Å². The number of fused-ring (bicyclic) bond motifs is 2. The number of nitrogens with one attached hydrogen (secondary N) is 1. The first-order valence-electron chi connectivity index (χ1n) is 6.19. The van der Waals surface area contributed by atoms with E-state index >= 15 is 0 Å². The second kappa shape index (κ2) is 3.84. The summed E-state index contributed by atoms with van der Waals surface area (Å²) in [6.45, 7) is 3.22. The topological polar surface area (TPSA) is 56.2 Å². The van der Waals surface area contributed by atoms with Gasteiger partial charge in [-0.15, -0.1) is 0 Å². The summed E-state index contributed by atoms with van der Waals surface area (Å²) in [5.74, 6) is -0.0568. The molecule has 1 saturated heterocycles. The molecule has 1 spiro atoms. The molecular formula is C12H17N3O2. The van der Waals surface area contributed by atoms with Crippen LogP contribution in [0.25, 0.3) is 0 Å². The minimum Gasteiger partial charge on any atom is -0.369 e. The molecule has 1 aromatic heterocycles. The number of aryl methyl sites for hydroxylation is 1. The molecule has 1 atom stereocenters. The molecule has 2 aliphatic rings. The van der Waals surface area contributed by atoms with E-state index in [-0.39, 0.29) is 11.5 Å². The smallest absolute Gasteiger partial charge is 0.221 e. The third kappa shape index (κ3) is 1.65. The molecule has 92 valence electrons. The number of hydrogen-bond acceptors (Lipinski definition) is 3. The van der Waals surface area contributed by atoms with Gasteiger partial charge in [0, 0.05) is 26.5 Å². The van der Waals surface area contributed by atoms with Gasteiger partial charge in [-0.3, -0.25) is 9.48 Å². The molecule has 1 fully saturated rings. The van der Waals surface area contributed by atoms with Gasteiger partial charge >= 0.3 is 0 Å². The van der Waals surface area contributed by atoms with E-state index < -0.39 is 0 Å². The molecule has 0 aliphatic carbocycles. The fraction of sp³-hybridized carbons (Fsp3) is 0.667. The molecule has 0 aromatic carbocycles. The maximum atomic E-state index is 11.2. The lowest BCUT2D eigenvalue weighted by atomic mass is 9.89. The van der Waals surface area contributed by atoms with Crippen LogP contribution in [0.15, 0.2) is 6.20 Å². The molecule has 17 heavy (non-hydrogen) atoms. The third-order valence-corrected chi connectivity index (χ3v) is 3.66. The van der Waals surface area contributed by atoms with E-state index in [1.807, 2.05) is 4.68 Å². The first-order valence-corrected chi connectivity index (χ1v) is 6.19. The Morgan fingerprint density at radius 1 is 1.53 bits per heavy atom. The summed E-state index contributed by atoms with van der Waals surface area (Å²) in [5, 5.41) is 7.18. The van der Waals surface area contributed by atoms with Gasteiger partial charge in [0.25, 0.3) is 0 Å². The van der Waals surface area contributed by atoms with Crippen LogP contribution in [0, 0.1) is 0 Å². The van der Waals surface area contributed by atoms with Crippen molar-refractivity contribution < 1.29 is 9.53 Å². The van der Waals surface area contributed by atoms with Gasteiger partial charge in [-0.25, -0.2) is 0 Å². The molecule has 0 bridgehead atoms. The van der Waals surface area contributed by atoms with Crippen LogP contribution in [0.3, 0.4) is 0 Å². The number of hydrogen-bond donors (Lipinski definition) is 1. The first-order chi connectivity index (χ1) is 8.21. The van der Waals surface area contributed by atoms with Crippen LogP contribution >= 0.6 is 0 Å². The lowest BCUT2D eigenvalue weighted by molar-refractivity contribution is -0.114. The van der Waals surface area contributed by atoms with Gasteiger partial charge in [-0.2, -0.15) is 5.10 Å². The molecule has 0 radical (unpaired) electrons. The lowest BCUT2D eigenvalue weighted by Crippen LogP contribution is -2.32. The van der Waals surface area contributed by atoms with E-state index in [0.717, 1.165) is 43.8 Å². The molecule has 0 saturated carbocycles. The molecule has 3 heterocycles. The van der Waals surface area contributed by atoms with Crippen molar-refractivity contribution in [3.05, 3.63) is 11.9 Å². The van der Waals surface area contributed by atoms with Crippen LogP contribution in [0.4, 0.5) is 5.69 Å². The Balaban J connectivity index is 1.98. The van der Waals surface area contributed by atoms with E-state index in [0.29, 0.717) is 0 Å². The second-order valence-corrected chi connectivity index (χ2v) is 4.86. The second-order valence-electron chi connectivity index (χ2n) is 4.86. The van der Waals surface area contributed by atoms with Crippen LogP contribution < -0.4 is 5.32 Å². The lowest BCUT2D eigenvalue weighted by Gasteiger charge is -2.33. The average molecular weight is 235 g/mol.